The standard InChI is InChI=1S/C28H31ClN4O6/c1-28(2,3)39-27(38)32(4)23(17-6-8-19(29)9-7-17)25(36)30-14-16-5-10-20-18(13-16)15-33(26(20)37)21-11-12-22(34)31-24(21)35/h5-10,13,21,23H,11-12,14-15H2,1-4H3,(H,30,36)(H,31,34,35)/t21?,23-/m0/s1. The fourth-order valence-corrected chi connectivity index (χ4v) is 4.78. The third-order valence-corrected chi connectivity index (χ3v) is 6.81. The van der Waals surface area contributed by atoms with Gasteiger partial charge < -0.3 is 15.0 Å². The summed E-state index contributed by atoms with van der Waals surface area (Å²) in [6.45, 7) is 5.62. The van der Waals surface area contributed by atoms with Crippen LogP contribution in [0.3, 0.4) is 0 Å². The summed E-state index contributed by atoms with van der Waals surface area (Å²) >= 11 is 6.03. The average molecular weight is 555 g/mol. The second kappa shape index (κ2) is 11.1. The number of hydrogen-bond donors (Lipinski definition) is 2. The maximum Gasteiger partial charge on any atom is 0.410 e. The Morgan fingerprint density at radius 2 is 1.85 bits per heavy atom. The van der Waals surface area contributed by atoms with E-state index >= 15 is 0 Å². The van der Waals surface area contributed by atoms with Gasteiger partial charge in [0.15, 0.2) is 0 Å². The van der Waals surface area contributed by atoms with E-state index in [1.165, 1.54) is 16.8 Å². The van der Waals surface area contributed by atoms with Gasteiger partial charge in [0.2, 0.25) is 17.7 Å². The molecule has 206 valence electrons. The van der Waals surface area contributed by atoms with E-state index in [-0.39, 0.29) is 37.7 Å². The lowest BCUT2D eigenvalue weighted by atomic mass is 10.0. The second-order valence-electron chi connectivity index (χ2n) is 10.7. The fraction of sp³-hybridized carbons (Fsp3) is 0.393. The van der Waals surface area contributed by atoms with E-state index in [4.69, 9.17) is 16.3 Å². The van der Waals surface area contributed by atoms with Gasteiger partial charge in [0.25, 0.3) is 5.91 Å². The molecule has 1 saturated heterocycles. The highest BCUT2D eigenvalue weighted by molar-refractivity contribution is 6.30. The molecule has 0 radical (unpaired) electrons. The van der Waals surface area contributed by atoms with Crippen molar-refractivity contribution in [2.24, 2.45) is 0 Å². The van der Waals surface area contributed by atoms with Crippen molar-refractivity contribution in [3.8, 4) is 0 Å². The highest BCUT2D eigenvalue weighted by atomic mass is 35.5. The number of likely N-dealkylation sites (N-methyl/N-ethyl adjacent to an activating group) is 1. The van der Waals surface area contributed by atoms with E-state index in [0.29, 0.717) is 16.1 Å². The number of nitrogens with zero attached hydrogens (tertiary/aromatic N) is 2. The molecule has 0 saturated carbocycles. The number of halogens is 1. The molecule has 1 fully saturated rings. The molecule has 2 atom stereocenters. The van der Waals surface area contributed by atoms with E-state index in [9.17, 15) is 24.0 Å². The lowest BCUT2D eigenvalue weighted by Gasteiger charge is -2.30. The topological polar surface area (TPSA) is 125 Å². The number of carbonyl (C=O) groups is 5. The maximum atomic E-state index is 13.4. The molecule has 2 aliphatic rings. The highest BCUT2D eigenvalue weighted by Gasteiger charge is 2.39. The number of piperidine rings is 1. The van der Waals surface area contributed by atoms with Gasteiger partial charge in [-0.25, -0.2) is 4.79 Å². The van der Waals surface area contributed by atoms with E-state index in [1.54, 1.807) is 57.2 Å². The normalized spacial score (nSPS) is 17.8. The number of carbonyl (C=O) groups excluding carboxylic acids is 5. The van der Waals surface area contributed by atoms with Crippen LogP contribution in [0.1, 0.15) is 66.7 Å². The zero-order valence-corrected chi connectivity index (χ0v) is 23.0. The summed E-state index contributed by atoms with van der Waals surface area (Å²) in [7, 11) is 1.50. The van der Waals surface area contributed by atoms with Crippen LogP contribution in [0.4, 0.5) is 4.79 Å². The van der Waals surface area contributed by atoms with Crippen molar-refractivity contribution in [1.29, 1.82) is 0 Å². The van der Waals surface area contributed by atoms with Crippen LogP contribution in [0, 0.1) is 0 Å². The Morgan fingerprint density at radius 3 is 2.49 bits per heavy atom. The van der Waals surface area contributed by atoms with E-state index < -0.39 is 35.6 Å². The summed E-state index contributed by atoms with van der Waals surface area (Å²) < 4.78 is 5.47. The predicted molar refractivity (Wildman–Crippen MR) is 143 cm³/mol. The third kappa shape index (κ3) is 6.39. The molecule has 2 N–H and O–H groups in total. The number of benzene rings is 2. The van der Waals surface area contributed by atoms with Crippen LogP contribution in [0.15, 0.2) is 42.5 Å². The summed E-state index contributed by atoms with van der Waals surface area (Å²) in [6.07, 6.45) is -0.188. The first-order valence-corrected chi connectivity index (χ1v) is 13.0. The zero-order valence-electron chi connectivity index (χ0n) is 22.2. The smallest absolute Gasteiger partial charge is 0.410 e. The van der Waals surface area contributed by atoms with Crippen molar-refractivity contribution in [2.75, 3.05) is 7.05 Å². The van der Waals surface area contributed by atoms with Gasteiger partial charge in [0.05, 0.1) is 0 Å². The number of rotatable bonds is 6. The van der Waals surface area contributed by atoms with Gasteiger partial charge in [-0.1, -0.05) is 35.9 Å². The molecule has 11 heteroatoms. The predicted octanol–water partition coefficient (Wildman–Crippen LogP) is 3.33. The van der Waals surface area contributed by atoms with E-state index in [0.717, 1.165) is 11.1 Å². The SMILES string of the molecule is CN(C(=O)OC(C)(C)C)[C@H](C(=O)NCc1ccc2c(c1)CN(C1CCC(=O)NC1=O)C2=O)c1ccc(Cl)cc1. The summed E-state index contributed by atoms with van der Waals surface area (Å²) in [4.78, 5) is 65.6. The second-order valence-corrected chi connectivity index (χ2v) is 11.1. The van der Waals surface area contributed by atoms with Gasteiger partial charge in [-0.2, -0.15) is 0 Å². The first kappa shape index (κ1) is 28.1. The van der Waals surface area contributed by atoms with Gasteiger partial charge in [0, 0.05) is 37.1 Å². The van der Waals surface area contributed by atoms with Crippen LogP contribution >= 0.6 is 11.6 Å². The molecular formula is C28H31ClN4O6. The van der Waals surface area contributed by atoms with Gasteiger partial charge >= 0.3 is 6.09 Å². The Hall–Kier alpha value is -3.92. The largest absolute Gasteiger partial charge is 0.444 e. The molecule has 0 spiro atoms. The molecule has 1 unspecified atom stereocenters. The van der Waals surface area contributed by atoms with Crippen molar-refractivity contribution in [1.82, 2.24) is 20.4 Å². The van der Waals surface area contributed by atoms with Crippen molar-refractivity contribution < 1.29 is 28.7 Å². The van der Waals surface area contributed by atoms with Gasteiger partial charge in [0.1, 0.15) is 17.7 Å². The lowest BCUT2D eigenvalue weighted by molar-refractivity contribution is -0.137. The van der Waals surface area contributed by atoms with Crippen LogP contribution in [-0.4, -0.2) is 58.2 Å². The monoisotopic (exact) mass is 554 g/mol. The van der Waals surface area contributed by atoms with E-state index in [1.807, 2.05) is 6.07 Å². The molecule has 4 rings (SSSR count). The minimum atomic E-state index is -0.976. The third-order valence-electron chi connectivity index (χ3n) is 6.56. The van der Waals surface area contributed by atoms with Crippen LogP contribution in [0.25, 0.3) is 0 Å². The molecule has 5 amide bonds. The molecule has 2 aromatic rings. The Labute approximate surface area is 231 Å². The summed E-state index contributed by atoms with van der Waals surface area (Å²) in [6, 6.07) is 10.2. The van der Waals surface area contributed by atoms with Crippen LogP contribution < -0.4 is 10.6 Å². The Balaban J connectivity index is 1.48. The van der Waals surface area contributed by atoms with Crippen molar-refractivity contribution >= 4 is 41.3 Å². The molecular weight excluding hydrogens is 524 g/mol. The number of amides is 5. The van der Waals surface area contributed by atoms with Crippen LogP contribution in [0.5, 0.6) is 0 Å². The van der Waals surface area contributed by atoms with Crippen molar-refractivity contribution in [3.05, 3.63) is 69.7 Å². The average Bonchev–Trinajstić information content (AvgIpc) is 3.18. The first-order valence-electron chi connectivity index (χ1n) is 12.6. The molecule has 0 aromatic heterocycles. The Bertz CT molecular complexity index is 1320. The molecule has 10 nitrogen and oxygen atoms in total. The Morgan fingerprint density at radius 1 is 1.15 bits per heavy atom. The maximum absolute atomic E-state index is 13.4. The molecule has 0 bridgehead atoms. The lowest BCUT2D eigenvalue weighted by Crippen LogP contribution is -2.52. The van der Waals surface area contributed by atoms with Crippen LogP contribution in [-0.2, 0) is 32.2 Å². The molecule has 2 aliphatic heterocycles. The number of imide groups is 1. The zero-order chi connectivity index (χ0) is 28.5. The van der Waals surface area contributed by atoms with E-state index in [2.05, 4.69) is 10.6 Å². The van der Waals surface area contributed by atoms with Crippen molar-refractivity contribution in [3.63, 3.8) is 0 Å². The Kier molecular flexibility index (Phi) is 7.96. The van der Waals surface area contributed by atoms with Gasteiger partial charge in [-0.05, 0) is 62.1 Å². The number of ether oxygens (including phenoxy) is 1. The van der Waals surface area contributed by atoms with Crippen molar-refractivity contribution in [2.45, 2.75) is 64.4 Å². The quantitative estimate of drug-likeness (QED) is 0.528. The molecule has 2 aromatic carbocycles. The summed E-state index contributed by atoms with van der Waals surface area (Å²) in [5.41, 5.74) is 1.78. The number of hydrogen-bond acceptors (Lipinski definition) is 6. The number of fused-ring (bicyclic) bond motifs is 1. The molecule has 0 aliphatic carbocycles. The summed E-state index contributed by atoms with van der Waals surface area (Å²) in [5.74, 6) is -1.50. The van der Waals surface area contributed by atoms with Crippen LogP contribution in [0.2, 0.25) is 5.02 Å². The minimum Gasteiger partial charge on any atom is -0.444 e. The molecule has 2 heterocycles. The summed E-state index contributed by atoms with van der Waals surface area (Å²) in [5, 5.41) is 5.67. The minimum absolute atomic E-state index is 0.144. The van der Waals surface area contributed by atoms with Gasteiger partial charge in [-0.15, -0.1) is 0 Å². The highest BCUT2D eigenvalue weighted by Crippen LogP contribution is 2.29. The fourth-order valence-electron chi connectivity index (χ4n) is 4.66. The number of nitrogens with one attached hydrogen (secondary N) is 2. The van der Waals surface area contributed by atoms with Gasteiger partial charge in [-0.3, -0.25) is 29.4 Å². The first-order chi connectivity index (χ1) is 18.3. The molecule has 39 heavy (non-hydrogen) atoms.